The zero-order chi connectivity index (χ0) is 20.1. The van der Waals surface area contributed by atoms with Gasteiger partial charge >= 0.3 is 0 Å². The van der Waals surface area contributed by atoms with Crippen LogP contribution in [0.25, 0.3) is 0 Å². The van der Waals surface area contributed by atoms with Crippen LogP contribution < -0.4 is 16.1 Å². The summed E-state index contributed by atoms with van der Waals surface area (Å²) in [6.07, 6.45) is 13.7. The largest absolute Gasteiger partial charge is 0.349 e. The molecule has 154 valence electrons. The van der Waals surface area contributed by atoms with Gasteiger partial charge in [-0.2, -0.15) is 0 Å². The molecule has 3 rings (SSSR count). The lowest BCUT2D eigenvalue weighted by Gasteiger charge is -2.23. The maximum atomic E-state index is 13.0. The fraction of sp³-hybridized carbons (Fsp3) is 0.682. The summed E-state index contributed by atoms with van der Waals surface area (Å²) in [4.78, 5) is 38.6. The van der Waals surface area contributed by atoms with Crippen molar-refractivity contribution in [1.29, 1.82) is 0 Å². The Kier molecular flexibility index (Phi) is 6.92. The minimum Gasteiger partial charge on any atom is -0.349 e. The van der Waals surface area contributed by atoms with E-state index in [1.807, 2.05) is 18.4 Å². The molecule has 0 spiro atoms. The van der Waals surface area contributed by atoms with Gasteiger partial charge in [-0.1, -0.05) is 39.0 Å². The maximum absolute atomic E-state index is 13.0. The SMILES string of the molecule is CC[C@@H](C)NC(=O)c1cn(C2CCCC2)cc(C(=O)NC2CCCCC2)c1=O. The van der Waals surface area contributed by atoms with Crippen molar-refractivity contribution in [3.05, 3.63) is 33.7 Å². The van der Waals surface area contributed by atoms with E-state index in [2.05, 4.69) is 10.6 Å². The van der Waals surface area contributed by atoms with Crippen molar-refractivity contribution in [3.8, 4) is 0 Å². The molecule has 6 nitrogen and oxygen atoms in total. The number of rotatable bonds is 6. The molecule has 0 aliphatic heterocycles. The highest BCUT2D eigenvalue weighted by Crippen LogP contribution is 2.29. The summed E-state index contributed by atoms with van der Waals surface area (Å²) >= 11 is 0. The molecule has 2 aliphatic rings. The Balaban J connectivity index is 1.91. The van der Waals surface area contributed by atoms with Crippen LogP contribution in [0.15, 0.2) is 17.2 Å². The van der Waals surface area contributed by atoms with Crippen molar-refractivity contribution >= 4 is 11.8 Å². The summed E-state index contributed by atoms with van der Waals surface area (Å²) in [5.41, 5.74) is -0.305. The Morgan fingerprint density at radius 2 is 1.57 bits per heavy atom. The lowest BCUT2D eigenvalue weighted by Crippen LogP contribution is -2.41. The first kappa shape index (κ1) is 20.6. The molecule has 0 aromatic carbocycles. The van der Waals surface area contributed by atoms with Crippen molar-refractivity contribution in [2.45, 2.75) is 96.2 Å². The highest BCUT2D eigenvalue weighted by molar-refractivity contribution is 5.99. The highest BCUT2D eigenvalue weighted by Gasteiger charge is 2.25. The predicted octanol–water partition coefficient (Wildman–Crippen LogP) is 3.55. The number of carbonyl (C=O) groups excluding carboxylic acids is 2. The summed E-state index contributed by atoms with van der Waals surface area (Å²) in [7, 11) is 0. The third-order valence-electron chi connectivity index (χ3n) is 6.21. The number of nitrogens with zero attached hydrogens (tertiary/aromatic N) is 1. The molecular formula is C22H33N3O3. The smallest absolute Gasteiger partial charge is 0.256 e. The average Bonchev–Trinajstić information content (AvgIpc) is 3.23. The van der Waals surface area contributed by atoms with Gasteiger partial charge in [-0.25, -0.2) is 0 Å². The van der Waals surface area contributed by atoms with Gasteiger partial charge < -0.3 is 15.2 Å². The van der Waals surface area contributed by atoms with Crippen molar-refractivity contribution < 1.29 is 9.59 Å². The number of hydrogen-bond acceptors (Lipinski definition) is 3. The standard InChI is InChI=1S/C22H33N3O3/c1-3-15(2)23-21(27)18-13-25(17-11-7-8-12-17)14-19(20(18)26)22(28)24-16-9-5-4-6-10-16/h13-17H,3-12H2,1-2H3,(H,23,27)(H,24,28)/t15-/m1/s1. The first-order valence-corrected chi connectivity index (χ1v) is 10.9. The van der Waals surface area contributed by atoms with Gasteiger partial charge in [0.25, 0.3) is 11.8 Å². The van der Waals surface area contributed by atoms with Crippen LogP contribution in [0.5, 0.6) is 0 Å². The summed E-state index contributed by atoms with van der Waals surface area (Å²) in [6, 6.07) is 0.349. The van der Waals surface area contributed by atoms with E-state index in [0.29, 0.717) is 0 Å². The molecule has 0 saturated heterocycles. The first-order valence-electron chi connectivity index (χ1n) is 10.9. The van der Waals surface area contributed by atoms with Gasteiger partial charge in [0.2, 0.25) is 5.43 Å². The second-order valence-corrected chi connectivity index (χ2v) is 8.39. The molecule has 2 fully saturated rings. The summed E-state index contributed by atoms with van der Waals surface area (Å²) in [5, 5.41) is 5.90. The minimum absolute atomic E-state index is 0.0217. The topological polar surface area (TPSA) is 80.2 Å². The number of hydrogen-bond donors (Lipinski definition) is 2. The second kappa shape index (κ2) is 9.39. The van der Waals surface area contributed by atoms with E-state index in [1.165, 1.54) is 6.42 Å². The molecule has 2 N–H and O–H groups in total. The van der Waals surface area contributed by atoms with Gasteiger partial charge in [-0.15, -0.1) is 0 Å². The molecule has 2 aliphatic carbocycles. The molecule has 28 heavy (non-hydrogen) atoms. The molecule has 0 unspecified atom stereocenters. The Morgan fingerprint density at radius 1 is 1.00 bits per heavy atom. The van der Waals surface area contributed by atoms with Crippen molar-refractivity contribution in [3.63, 3.8) is 0 Å². The molecule has 0 bridgehead atoms. The van der Waals surface area contributed by atoms with E-state index >= 15 is 0 Å². The van der Waals surface area contributed by atoms with Crippen molar-refractivity contribution in [1.82, 2.24) is 15.2 Å². The van der Waals surface area contributed by atoms with E-state index in [4.69, 9.17) is 0 Å². The van der Waals surface area contributed by atoms with Crippen molar-refractivity contribution in [2.75, 3.05) is 0 Å². The van der Waals surface area contributed by atoms with E-state index in [1.54, 1.807) is 12.4 Å². The molecule has 0 radical (unpaired) electrons. The summed E-state index contributed by atoms with van der Waals surface area (Å²) in [6.45, 7) is 3.89. The zero-order valence-corrected chi connectivity index (χ0v) is 17.1. The molecule has 2 amide bonds. The lowest BCUT2D eigenvalue weighted by atomic mass is 9.95. The zero-order valence-electron chi connectivity index (χ0n) is 17.1. The summed E-state index contributed by atoms with van der Waals surface area (Å²) in [5.74, 6) is -0.736. The molecule has 1 aromatic heterocycles. The Labute approximate surface area is 167 Å². The van der Waals surface area contributed by atoms with Gasteiger partial charge in [0.15, 0.2) is 0 Å². The van der Waals surface area contributed by atoms with E-state index in [9.17, 15) is 14.4 Å². The second-order valence-electron chi connectivity index (χ2n) is 8.39. The number of aromatic nitrogens is 1. The third-order valence-corrected chi connectivity index (χ3v) is 6.21. The van der Waals surface area contributed by atoms with Crippen LogP contribution in [0, 0.1) is 0 Å². The minimum atomic E-state index is -0.469. The third kappa shape index (κ3) is 4.83. The average molecular weight is 388 g/mol. The normalized spacial score (nSPS) is 19.4. The van der Waals surface area contributed by atoms with Crippen molar-refractivity contribution in [2.24, 2.45) is 0 Å². The van der Waals surface area contributed by atoms with E-state index < -0.39 is 11.3 Å². The molecule has 1 aromatic rings. The van der Waals surface area contributed by atoms with E-state index in [0.717, 1.165) is 57.8 Å². The van der Waals surface area contributed by atoms with Gasteiger partial charge in [0.1, 0.15) is 11.1 Å². The van der Waals surface area contributed by atoms with Gasteiger partial charge in [-0.3, -0.25) is 14.4 Å². The van der Waals surface area contributed by atoms with Crippen LogP contribution in [0.4, 0.5) is 0 Å². The van der Waals surface area contributed by atoms with Crippen LogP contribution >= 0.6 is 0 Å². The van der Waals surface area contributed by atoms with Gasteiger partial charge in [0.05, 0.1) is 0 Å². The Morgan fingerprint density at radius 3 is 2.18 bits per heavy atom. The number of carbonyl (C=O) groups is 2. The number of nitrogens with one attached hydrogen (secondary N) is 2. The van der Waals surface area contributed by atoms with E-state index in [-0.39, 0.29) is 35.2 Å². The van der Waals surface area contributed by atoms with Crippen LogP contribution in [-0.2, 0) is 0 Å². The molecule has 6 heteroatoms. The molecular weight excluding hydrogens is 354 g/mol. The molecule has 1 atom stereocenters. The predicted molar refractivity (Wildman–Crippen MR) is 110 cm³/mol. The highest BCUT2D eigenvalue weighted by atomic mass is 16.2. The monoisotopic (exact) mass is 387 g/mol. The van der Waals surface area contributed by atoms with Gasteiger partial charge in [0, 0.05) is 30.5 Å². The van der Waals surface area contributed by atoms with Crippen LogP contribution in [-0.4, -0.2) is 28.5 Å². The molecule has 2 saturated carbocycles. The number of pyridine rings is 1. The Bertz CT molecular complexity index is 759. The van der Waals surface area contributed by atoms with Gasteiger partial charge in [-0.05, 0) is 39.0 Å². The quantitative estimate of drug-likeness (QED) is 0.783. The number of amides is 2. The summed E-state index contributed by atoms with van der Waals surface area (Å²) < 4.78 is 1.93. The van der Waals surface area contributed by atoms with Crippen LogP contribution in [0.3, 0.4) is 0 Å². The van der Waals surface area contributed by atoms with Crippen LogP contribution in [0.1, 0.15) is 105 Å². The first-order chi connectivity index (χ1) is 13.5. The fourth-order valence-electron chi connectivity index (χ4n) is 4.25. The lowest BCUT2D eigenvalue weighted by molar-refractivity contribution is 0.0925. The molecule has 1 heterocycles. The van der Waals surface area contributed by atoms with Crippen LogP contribution in [0.2, 0.25) is 0 Å². The maximum Gasteiger partial charge on any atom is 0.256 e. The Hall–Kier alpha value is -2.11. The fourth-order valence-corrected chi connectivity index (χ4v) is 4.25.